The maximum Gasteiger partial charge on any atom is 0.244 e. The second-order valence-corrected chi connectivity index (χ2v) is 10.2. The summed E-state index contributed by atoms with van der Waals surface area (Å²) in [6.45, 7) is 4.79. The number of benzene rings is 2. The molecule has 0 bridgehead atoms. The molecule has 1 N–H and O–H groups in total. The van der Waals surface area contributed by atoms with Gasteiger partial charge < -0.3 is 10.2 Å². The molecule has 33 heavy (non-hydrogen) atoms. The van der Waals surface area contributed by atoms with Gasteiger partial charge in [0, 0.05) is 17.6 Å². The predicted molar refractivity (Wildman–Crippen MR) is 128 cm³/mol. The molecule has 0 radical (unpaired) electrons. The standard InChI is InChI=1S/C23H29ClFN3O4S/c1-5-16(2)26-23(30)17(3)27(14-18-8-6-9-19(24)12-18)22(29)15-28(33(4,31)32)21-11-7-10-20(25)13-21/h6-13,16-17H,5,14-15H2,1-4H3,(H,26,30). The van der Waals surface area contributed by atoms with Gasteiger partial charge in [0.25, 0.3) is 0 Å². The Hall–Kier alpha value is -2.65. The van der Waals surface area contributed by atoms with Crippen LogP contribution in [0.2, 0.25) is 5.02 Å². The minimum atomic E-state index is -3.91. The van der Waals surface area contributed by atoms with Crippen LogP contribution in [-0.4, -0.2) is 50.0 Å². The molecule has 2 aromatic rings. The molecule has 2 atom stereocenters. The molecule has 0 aliphatic rings. The zero-order chi connectivity index (χ0) is 24.8. The van der Waals surface area contributed by atoms with E-state index in [2.05, 4.69) is 5.32 Å². The number of nitrogens with zero attached hydrogens (tertiary/aromatic N) is 2. The third kappa shape index (κ3) is 7.71. The van der Waals surface area contributed by atoms with Gasteiger partial charge in [0.1, 0.15) is 18.4 Å². The number of hydrogen-bond acceptors (Lipinski definition) is 4. The average Bonchev–Trinajstić information content (AvgIpc) is 2.74. The van der Waals surface area contributed by atoms with Crippen LogP contribution in [0.1, 0.15) is 32.8 Å². The van der Waals surface area contributed by atoms with Gasteiger partial charge in [0.2, 0.25) is 21.8 Å². The Bertz CT molecular complexity index is 1100. The van der Waals surface area contributed by atoms with Crippen LogP contribution in [0, 0.1) is 5.82 Å². The number of carbonyl (C=O) groups excluding carboxylic acids is 2. The van der Waals surface area contributed by atoms with E-state index in [1.54, 1.807) is 31.2 Å². The summed E-state index contributed by atoms with van der Waals surface area (Å²) >= 11 is 6.07. The van der Waals surface area contributed by atoms with E-state index in [4.69, 9.17) is 11.6 Å². The van der Waals surface area contributed by atoms with E-state index in [0.29, 0.717) is 17.0 Å². The van der Waals surface area contributed by atoms with Crippen molar-refractivity contribution < 1.29 is 22.4 Å². The Balaban J connectivity index is 2.38. The molecule has 180 valence electrons. The van der Waals surface area contributed by atoms with Crippen molar-refractivity contribution in [3.8, 4) is 0 Å². The first-order valence-corrected chi connectivity index (χ1v) is 12.7. The van der Waals surface area contributed by atoms with Crippen molar-refractivity contribution in [2.24, 2.45) is 0 Å². The van der Waals surface area contributed by atoms with Gasteiger partial charge in [-0.2, -0.15) is 0 Å². The summed E-state index contributed by atoms with van der Waals surface area (Å²) in [6, 6.07) is 10.8. The van der Waals surface area contributed by atoms with Gasteiger partial charge in [-0.05, 0) is 56.2 Å². The molecule has 2 unspecified atom stereocenters. The minimum Gasteiger partial charge on any atom is -0.352 e. The largest absolute Gasteiger partial charge is 0.352 e. The van der Waals surface area contributed by atoms with Crippen molar-refractivity contribution in [3.05, 3.63) is 64.9 Å². The molecular formula is C23H29ClFN3O4S. The molecule has 0 spiro atoms. The van der Waals surface area contributed by atoms with Crippen LogP contribution in [0.5, 0.6) is 0 Å². The molecule has 0 aliphatic heterocycles. The molecule has 0 saturated heterocycles. The molecule has 0 aliphatic carbocycles. The van der Waals surface area contributed by atoms with E-state index in [0.717, 1.165) is 16.6 Å². The van der Waals surface area contributed by atoms with Gasteiger partial charge in [-0.3, -0.25) is 13.9 Å². The number of hydrogen-bond donors (Lipinski definition) is 1. The number of amides is 2. The van der Waals surface area contributed by atoms with Crippen molar-refractivity contribution >= 4 is 39.1 Å². The Morgan fingerprint density at radius 2 is 1.79 bits per heavy atom. The van der Waals surface area contributed by atoms with Gasteiger partial charge in [0.05, 0.1) is 11.9 Å². The molecular weight excluding hydrogens is 469 g/mol. The van der Waals surface area contributed by atoms with Crippen molar-refractivity contribution in [2.75, 3.05) is 17.1 Å². The quantitative estimate of drug-likeness (QED) is 0.543. The Labute approximate surface area is 199 Å². The highest BCUT2D eigenvalue weighted by atomic mass is 35.5. The van der Waals surface area contributed by atoms with Crippen molar-refractivity contribution in [1.29, 1.82) is 0 Å². The summed E-state index contributed by atoms with van der Waals surface area (Å²) in [5.74, 6) is -1.61. The molecule has 10 heteroatoms. The zero-order valence-corrected chi connectivity index (χ0v) is 20.7. The lowest BCUT2D eigenvalue weighted by Crippen LogP contribution is -2.52. The van der Waals surface area contributed by atoms with Gasteiger partial charge >= 0.3 is 0 Å². The monoisotopic (exact) mass is 497 g/mol. The summed E-state index contributed by atoms with van der Waals surface area (Å²) in [7, 11) is -3.91. The summed E-state index contributed by atoms with van der Waals surface area (Å²) < 4.78 is 39.4. The van der Waals surface area contributed by atoms with E-state index >= 15 is 0 Å². The normalized spacial score (nSPS) is 13.2. The Morgan fingerprint density at radius 1 is 1.12 bits per heavy atom. The maximum atomic E-state index is 13.7. The highest BCUT2D eigenvalue weighted by Crippen LogP contribution is 2.20. The summed E-state index contributed by atoms with van der Waals surface area (Å²) in [5.41, 5.74) is 0.695. The fraction of sp³-hybridized carbons (Fsp3) is 0.391. The van der Waals surface area contributed by atoms with Gasteiger partial charge in [-0.1, -0.05) is 36.7 Å². The van der Waals surface area contributed by atoms with Crippen molar-refractivity contribution in [3.63, 3.8) is 0 Å². The molecule has 0 aromatic heterocycles. The second-order valence-electron chi connectivity index (χ2n) is 7.89. The van der Waals surface area contributed by atoms with E-state index in [9.17, 15) is 22.4 Å². The molecule has 7 nitrogen and oxygen atoms in total. The third-order valence-corrected chi connectivity index (χ3v) is 6.56. The van der Waals surface area contributed by atoms with Crippen molar-refractivity contribution in [2.45, 2.75) is 45.8 Å². The van der Waals surface area contributed by atoms with Crippen LogP contribution in [0.3, 0.4) is 0 Å². The van der Waals surface area contributed by atoms with Crippen LogP contribution >= 0.6 is 11.6 Å². The first-order valence-electron chi connectivity index (χ1n) is 10.5. The van der Waals surface area contributed by atoms with E-state index < -0.39 is 34.3 Å². The molecule has 2 aromatic carbocycles. The van der Waals surface area contributed by atoms with Crippen LogP contribution in [0.25, 0.3) is 0 Å². The SMILES string of the molecule is CCC(C)NC(=O)C(C)N(Cc1cccc(Cl)c1)C(=O)CN(c1cccc(F)c1)S(C)(=O)=O. The highest BCUT2D eigenvalue weighted by Gasteiger charge is 2.30. The lowest BCUT2D eigenvalue weighted by molar-refractivity contribution is -0.139. The fourth-order valence-corrected chi connectivity index (χ4v) is 4.18. The number of rotatable bonds is 10. The van der Waals surface area contributed by atoms with Crippen LogP contribution in [-0.2, 0) is 26.2 Å². The predicted octanol–water partition coefficient (Wildman–Crippen LogP) is 3.58. The van der Waals surface area contributed by atoms with E-state index in [1.165, 1.54) is 23.1 Å². The maximum absolute atomic E-state index is 13.7. The van der Waals surface area contributed by atoms with Crippen LogP contribution < -0.4 is 9.62 Å². The first kappa shape index (κ1) is 26.6. The fourth-order valence-electron chi connectivity index (χ4n) is 3.13. The summed E-state index contributed by atoms with van der Waals surface area (Å²) in [4.78, 5) is 27.5. The molecule has 0 fully saturated rings. The lowest BCUT2D eigenvalue weighted by Gasteiger charge is -2.32. The zero-order valence-electron chi connectivity index (χ0n) is 19.1. The molecule has 0 saturated carbocycles. The number of carbonyl (C=O) groups is 2. The van der Waals surface area contributed by atoms with Crippen LogP contribution in [0.4, 0.5) is 10.1 Å². The topological polar surface area (TPSA) is 86.8 Å². The van der Waals surface area contributed by atoms with E-state index in [-0.39, 0.29) is 24.2 Å². The molecule has 0 heterocycles. The van der Waals surface area contributed by atoms with Gasteiger partial charge in [0.15, 0.2) is 0 Å². The van der Waals surface area contributed by atoms with Crippen molar-refractivity contribution in [1.82, 2.24) is 10.2 Å². The second kappa shape index (κ2) is 11.5. The molecule has 2 amide bonds. The number of sulfonamides is 1. The average molecular weight is 498 g/mol. The Morgan fingerprint density at radius 3 is 2.36 bits per heavy atom. The minimum absolute atomic E-state index is 0.0188. The van der Waals surface area contributed by atoms with Gasteiger partial charge in [-0.25, -0.2) is 12.8 Å². The lowest BCUT2D eigenvalue weighted by atomic mass is 10.1. The smallest absolute Gasteiger partial charge is 0.244 e. The number of anilines is 1. The third-order valence-electron chi connectivity index (χ3n) is 5.19. The first-order chi connectivity index (χ1) is 15.4. The highest BCUT2D eigenvalue weighted by molar-refractivity contribution is 7.92. The van der Waals surface area contributed by atoms with Crippen LogP contribution in [0.15, 0.2) is 48.5 Å². The number of nitrogens with one attached hydrogen (secondary N) is 1. The summed E-state index contributed by atoms with van der Waals surface area (Å²) in [6.07, 6.45) is 1.65. The van der Waals surface area contributed by atoms with E-state index in [1.807, 2.05) is 13.8 Å². The number of halogens is 2. The van der Waals surface area contributed by atoms with Gasteiger partial charge in [-0.15, -0.1) is 0 Å². The Kier molecular flexibility index (Phi) is 9.25. The summed E-state index contributed by atoms with van der Waals surface area (Å²) in [5, 5.41) is 3.31. The molecule has 2 rings (SSSR count).